The minimum atomic E-state index is -0.234. The van der Waals surface area contributed by atoms with Gasteiger partial charge in [0.2, 0.25) is 0 Å². The highest BCUT2D eigenvalue weighted by Crippen LogP contribution is 2.14. The smallest absolute Gasteiger partial charge is 0.194 e. The summed E-state index contributed by atoms with van der Waals surface area (Å²) in [4.78, 5) is 6.95. The Bertz CT molecular complexity index is 495. The number of hydrogen-bond donors (Lipinski definition) is 3. The van der Waals surface area contributed by atoms with E-state index in [1.807, 2.05) is 18.2 Å². The van der Waals surface area contributed by atoms with Crippen LogP contribution in [0.2, 0.25) is 0 Å². The number of nitrogens with zero attached hydrogens (tertiary/aromatic N) is 2. The summed E-state index contributed by atoms with van der Waals surface area (Å²) < 4.78 is 0. The molecule has 24 heavy (non-hydrogen) atoms. The van der Waals surface area contributed by atoms with Gasteiger partial charge in [-0.2, -0.15) is 0 Å². The minimum Gasteiger partial charge on any atom is -0.391 e. The summed E-state index contributed by atoms with van der Waals surface area (Å²) in [5, 5.41) is 16.7. The second kappa shape index (κ2) is 10.8. The van der Waals surface area contributed by atoms with Gasteiger partial charge < -0.3 is 20.6 Å². The lowest BCUT2D eigenvalue weighted by Gasteiger charge is -2.25. The number of anilines is 1. The highest BCUT2D eigenvalue weighted by molar-refractivity contribution is 14.0. The predicted molar refractivity (Wildman–Crippen MR) is 112 cm³/mol. The van der Waals surface area contributed by atoms with Crippen molar-refractivity contribution in [2.75, 3.05) is 31.5 Å². The van der Waals surface area contributed by atoms with Crippen LogP contribution in [0.3, 0.4) is 0 Å². The number of benzene rings is 1. The van der Waals surface area contributed by atoms with Gasteiger partial charge in [0, 0.05) is 31.4 Å². The predicted octanol–water partition coefficient (Wildman–Crippen LogP) is 2.77. The van der Waals surface area contributed by atoms with Crippen LogP contribution < -0.4 is 10.6 Å². The Balaban J connectivity index is 0.00000288. The van der Waals surface area contributed by atoms with E-state index in [1.165, 1.54) is 0 Å². The zero-order valence-corrected chi connectivity index (χ0v) is 17.2. The molecular weight excluding hydrogens is 415 g/mol. The summed E-state index contributed by atoms with van der Waals surface area (Å²) in [5.41, 5.74) is 1.13. The first-order valence-electron chi connectivity index (χ1n) is 8.63. The second-order valence-electron chi connectivity index (χ2n) is 6.44. The van der Waals surface area contributed by atoms with Crippen LogP contribution in [0.1, 0.15) is 27.2 Å². The van der Waals surface area contributed by atoms with Gasteiger partial charge in [0.05, 0.1) is 12.6 Å². The van der Waals surface area contributed by atoms with Crippen molar-refractivity contribution in [1.29, 1.82) is 0 Å². The molecule has 1 aromatic rings. The first kappa shape index (κ1) is 21.0. The lowest BCUT2D eigenvalue weighted by atomic mass is 10.0. The van der Waals surface area contributed by atoms with Crippen LogP contribution in [0.5, 0.6) is 0 Å². The number of halogens is 1. The van der Waals surface area contributed by atoms with E-state index in [4.69, 9.17) is 4.99 Å². The molecular formula is C18H31IN4O. The van der Waals surface area contributed by atoms with Gasteiger partial charge in [-0.05, 0) is 31.4 Å². The number of nitrogens with one attached hydrogen (secondary N) is 2. The fourth-order valence-electron chi connectivity index (χ4n) is 2.72. The maximum absolute atomic E-state index is 9.74. The summed E-state index contributed by atoms with van der Waals surface area (Å²) in [6, 6.07) is 10.5. The minimum absolute atomic E-state index is 0. The summed E-state index contributed by atoms with van der Waals surface area (Å²) >= 11 is 0. The molecule has 2 rings (SSSR count). The molecule has 1 aliphatic heterocycles. The monoisotopic (exact) mass is 446 g/mol. The first-order valence-corrected chi connectivity index (χ1v) is 8.63. The Morgan fingerprint density at radius 1 is 1.33 bits per heavy atom. The number of para-hydroxylation sites is 1. The summed E-state index contributed by atoms with van der Waals surface area (Å²) in [6.45, 7) is 9.58. The van der Waals surface area contributed by atoms with Crippen molar-refractivity contribution >= 4 is 35.6 Å². The van der Waals surface area contributed by atoms with Gasteiger partial charge in [-0.3, -0.25) is 4.99 Å². The van der Waals surface area contributed by atoms with Crippen LogP contribution >= 0.6 is 24.0 Å². The number of aliphatic hydroxyl groups excluding tert-OH is 1. The number of likely N-dealkylation sites (tertiary alicyclic amines) is 1. The van der Waals surface area contributed by atoms with Crippen LogP contribution in [0.15, 0.2) is 35.3 Å². The van der Waals surface area contributed by atoms with E-state index >= 15 is 0 Å². The third-order valence-electron chi connectivity index (χ3n) is 4.17. The molecule has 2 atom stereocenters. The van der Waals surface area contributed by atoms with Crippen LogP contribution in [0, 0.1) is 5.92 Å². The first-order chi connectivity index (χ1) is 11.1. The summed E-state index contributed by atoms with van der Waals surface area (Å²) in [7, 11) is 0. The topological polar surface area (TPSA) is 59.9 Å². The van der Waals surface area contributed by atoms with Crippen molar-refractivity contribution in [1.82, 2.24) is 10.2 Å². The highest BCUT2D eigenvalue weighted by atomic mass is 127. The van der Waals surface area contributed by atoms with E-state index in [-0.39, 0.29) is 36.1 Å². The molecule has 5 nitrogen and oxygen atoms in total. The molecule has 0 spiro atoms. The van der Waals surface area contributed by atoms with Gasteiger partial charge in [0.25, 0.3) is 0 Å². The quantitative estimate of drug-likeness (QED) is 0.358. The van der Waals surface area contributed by atoms with Crippen LogP contribution in [-0.2, 0) is 0 Å². The maximum Gasteiger partial charge on any atom is 0.194 e. The fourth-order valence-corrected chi connectivity index (χ4v) is 2.72. The standard InChI is InChI=1S/C18H30N4O.HI/c1-4-19-18(22-11-10-16(23)13-22)20-12-17(14(2)3)21-15-8-6-5-7-9-15;/h5-9,14,16-17,21,23H,4,10-13H2,1-3H3,(H,19,20);1H/t16-,17?;/m1./s1. The Morgan fingerprint density at radius 2 is 2.04 bits per heavy atom. The van der Waals surface area contributed by atoms with Gasteiger partial charge in [-0.1, -0.05) is 32.0 Å². The van der Waals surface area contributed by atoms with Gasteiger partial charge in [0.1, 0.15) is 0 Å². The molecule has 0 saturated carbocycles. The van der Waals surface area contributed by atoms with E-state index in [9.17, 15) is 5.11 Å². The van der Waals surface area contributed by atoms with Crippen LogP contribution in [0.4, 0.5) is 5.69 Å². The number of guanidine groups is 1. The molecule has 1 aliphatic rings. The molecule has 0 aliphatic carbocycles. The van der Waals surface area contributed by atoms with Crippen molar-refractivity contribution in [3.63, 3.8) is 0 Å². The molecule has 0 bridgehead atoms. The third kappa shape index (κ3) is 6.47. The van der Waals surface area contributed by atoms with Gasteiger partial charge in [-0.25, -0.2) is 0 Å². The van der Waals surface area contributed by atoms with Gasteiger partial charge in [-0.15, -0.1) is 24.0 Å². The van der Waals surface area contributed by atoms with Crippen LogP contribution in [-0.4, -0.2) is 54.3 Å². The molecule has 136 valence electrons. The average molecular weight is 446 g/mol. The highest BCUT2D eigenvalue weighted by Gasteiger charge is 2.23. The van der Waals surface area contributed by atoms with Crippen molar-refractivity contribution in [3.8, 4) is 0 Å². The van der Waals surface area contributed by atoms with Crippen molar-refractivity contribution in [3.05, 3.63) is 30.3 Å². The molecule has 1 aromatic carbocycles. The van der Waals surface area contributed by atoms with E-state index in [1.54, 1.807) is 0 Å². The van der Waals surface area contributed by atoms with E-state index in [2.05, 4.69) is 48.4 Å². The molecule has 6 heteroatoms. The zero-order valence-electron chi connectivity index (χ0n) is 14.9. The molecule has 0 amide bonds. The Hall–Kier alpha value is -1.02. The van der Waals surface area contributed by atoms with E-state index < -0.39 is 0 Å². The molecule has 0 radical (unpaired) electrons. The molecule has 1 unspecified atom stereocenters. The van der Waals surface area contributed by atoms with Crippen molar-refractivity contribution in [2.24, 2.45) is 10.9 Å². The maximum atomic E-state index is 9.74. The fraction of sp³-hybridized carbons (Fsp3) is 0.611. The largest absolute Gasteiger partial charge is 0.391 e. The molecule has 3 N–H and O–H groups in total. The number of aliphatic imine (C=N–C) groups is 1. The molecule has 1 saturated heterocycles. The summed E-state index contributed by atoms with van der Waals surface area (Å²) in [6.07, 6.45) is 0.586. The van der Waals surface area contributed by atoms with E-state index in [0.717, 1.165) is 31.2 Å². The lowest BCUT2D eigenvalue weighted by Crippen LogP contribution is -2.41. The zero-order chi connectivity index (χ0) is 16.7. The summed E-state index contributed by atoms with van der Waals surface area (Å²) in [5.74, 6) is 1.38. The van der Waals surface area contributed by atoms with Crippen molar-refractivity contribution < 1.29 is 5.11 Å². The average Bonchev–Trinajstić information content (AvgIpc) is 2.97. The third-order valence-corrected chi connectivity index (χ3v) is 4.17. The van der Waals surface area contributed by atoms with Gasteiger partial charge in [0.15, 0.2) is 5.96 Å². The Kier molecular flexibility index (Phi) is 9.43. The SMILES string of the molecule is CCNC(=NCC(Nc1ccccc1)C(C)C)N1CC[C@@H](O)C1.I. The lowest BCUT2D eigenvalue weighted by molar-refractivity contribution is 0.187. The second-order valence-corrected chi connectivity index (χ2v) is 6.44. The van der Waals surface area contributed by atoms with Crippen LogP contribution in [0.25, 0.3) is 0 Å². The Morgan fingerprint density at radius 3 is 2.58 bits per heavy atom. The normalized spacial score (nSPS) is 19.1. The molecule has 1 fully saturated rings. The number of β-amino-alcohol motifs (C(OH)–C–C–N with tert-alkyl or cyclic N) is 1. The van der Waals surface area contributed by atoms with Crippen molar-refractivity contribution in [2.45, 2.75) is 39.3 Å². The number of aliphatic hydroxyl groups is 1. The van der Waals surface area contributed by atoms with E-state index in [0.29, 0.717) is 19.0 Å². The number of rotatable bonds is 6. The molecule has 1 heterocycles. The Labute approximate surface area is 162 Å². The number of hydrogen-bond acceptors (Lipinski definition) is 3. The van der Waals surface area contributed by atoms with Gasteiger partial charge >= 0.3 is 0 Å². The molecule has 0 aromatic heterocycles.